The summed E-state index contributed by atoms with van der Waals surface area (Å²) in [5, 5.41) is 11.4. The van der Waals surface area contributed by atoms with E-state index in [9.17, 15) is 14.0 Å². The quantitative estimate of drug-likeness (QED) is 0.877. The molecule has 1 aliphatic rings. The monoisotopic (exact) mass is 269 g/mol. The van der Waals surface area contributed by atoms with Crippen molar-refractivity contribution in [2.24, 2.45) is 0 Å². The Hall–Kier alpha value is -1.56. The maximum Gasteiger partial charge on any atom is 0.335 e. The topological polar surface area (TPSA) is 66.4 Å². The Labute approximate surface area is 108 Å². The Morgan fingerprint density at radius 3 is 2.78 bits per heavy atom. The molecule has 1 fully saturated rings. The number of carbonyl (C=O) groups is 2. The summed E-state index contributed by atoms with van der Waals surface area (Å²) < 4.78 is 13.6. The van der Waals surface area contributed by atoms with Gasteiger partial charge < -0.3 is 10.4 Å². The molecule has 0 saturated carbocycles. The number of thioether (sulfide) groups is 1. The molecule has 1 amide bonds. The lowest BCUT2D eigenvalue weighted by atomic mass is 10.1. The number of nitrogens with one attached hydrogen (secondary N) is 1. The van der Waals surface area contributed by atoms with Gasteiger partial charge in [0.15, 0.2) is 0 Å². The molecule has 0 radical (unpaired) electrons. The van der Waals surface area contributed by atoms with E-state index in [1.807, 2.05) is 0 Å². The second kappa shape index (κ2) is 5.39. The summed E-state index contributed by atoms with van der Waals surface area (Å²) in [5.74, 6) is -0.686. The Morgan fingerprint density at radius 1 is 1.44 bits per heavy atom. The zero-order chi connectivity index (χ0) is 13.1. The predicted octanol–water partition coefficient (Wildman–Crippen LogP) is 1.76. The number of carboxylic acid groups (broad SMARTS) is 1. The number of rotatable bonds is 3. The van der Waals surface area contributed by atoms with E-state index in [4.69, 9.17) is 5.11 Å². The highest BCUT2D eigenvalue weighted by molar-refractivity contribution is 7.99. The molecule has 4 nitrogen and oxygen atoms in total. The van der Waals surface area contributed by atoms with Crippen LogP contribution in [0.2, 0.25) is 0 Å². The number of halogens is 1. The standard InChI is InChI=1S/C12H12FNO3S/c13-10-5-7(12(16)17)1-2-9(10)11(15)14-8-3-4-18-6-8/h1-2,5,8H,3-4,6H2,(H,14,15)(H,16,17). The lowest BCUT2D eigenvalue weighted by Crippen LogP contribution is -2.35. The van der Waals surface area contributed by atoms with Crippen molar-refractivity contribution in [3.63, 3.8) is 0 Å². The fraction of sp³-hybridized carbons (Fsp3) is 0.333. The highest BCUT2D eigenvalue weighted by Crippen LogP contribution is 2.18. The van der Waals surface area contributed by atoms with E-state index in [-0.39, 0.29) is 17.2 Å². The molecule has 18 heavy (non-hydrogen) atoms. The van der Waals surface area contributed by atoms with Gasteiger partial charge in [-0.3, -0.25) is 4.79 Å². The zero-order valence-corrected chi connectivity index (χ0v) is 10.3. The predicted molar refractivity (Wildman–Crippen MR) is 66.6 cm³/mol. The third-order valence-electron chi connectivity index (χ3n) is 2.73. The Bertz CT molecular complexity index is 486. The second-order valence-electron chi connectivity index (χ2n) is 4.03. The molecule has 2 N–H and O–H groups in total. The van der Waals surface area contributed by atoms with Crippen molar-refractivity contribution in [1.82, 2.24) is 5.32 Å². The van der Waals surface area contributed by atoms with Crippen molar-refractivity contribution < 1.29 is 19.1 Å². The zero-order valence-electron chi connectivity index (χ0n) is 9.48. The van der Waals surface area contributed by atoms with Crippen LogP contribution in [0.1, 0.15) is 27.1 Å². The first-order valence-electron chi connectivity index (χ1n) is 5.49. The van der Waals surface area contributed by atoms with E-state index in [2.05, 4.69) is 5.32 Å². The van der Waals surface area contributed by atoms with Gasteiger partial charge in [-0.2, -0.15) is 11.8 Å². The van der Waals surface area contributed by atoms with Crippen LogP contribution in [0.5, 0.6) is 0 Å². The Balaban J connectivity index is 2.12. The minimum Gasteiger partial charge on any atom is -0.478 e. The molecule has 1 aromatic carbocycles. The minimum absolute atomic E-state index is 0.0704. The van der Waals surface area contributed by atoms with Gasteiger partial charge >= 0.3 is 5.97 Å². The smallest absolute Gasteiger partial charge is 0.335 e. The van der Waals surface area contributed by atoms with Crippen molar-refractivity contribution >= 4 is 23.6 Å². The normalized spacial score (nSPS) is 18.6. The van der Waals surface area contributed by atoms with Crippen molar-refractivity contribution in [2.45, 2.75) is 12.5 Å². The van der Waals surface area contributed by atoms with Crippen molar-refractivity contribution in [3.8, 4) is 0 Å². The summed E-state index contributed by atoms with van der Waals surface area (Å²) in [4.78, 5) is 22.4. The van der Waals surface area contributed by atoms with Gasteiger partial charge in [-0.1, -0.05) is 0 Å². The van der Waals surface area contributed by atoms with Gasteiger partial charge in [0.1, 0.15) is 5.82 Å². The van der Waals surface area contributed by atoms with Crippen LogP contribution in [0, 0.1) is 5.82 Å². The third kappa shape index (κ3) is 2.81. The number of carbonyl (C=O) groups excluding carboxylic acids is 1. The van der Waals surface area contributed by atoms with E-state index in [1.165, 1.54) is 12.1 Å². The largest absolute Gasteiger partial charge is 0.478 e. The number of aromatic carboxylic acids is 1. The van der Waals surface area contributed by atoms with Crippen LogP contribution in [0.25, 0.3) is 0 Å². The first-order chi connectivity index (χ1) is 8.58. The summed E-state index contributed by atoms with van der Waals surface area (Å²) in [5.41, 5.74) is -0.280. The number of hydrogen-bond donors (Lipinski definition) is 2. The summed E-state index contributed by atoms with van der Waals surface area (Å²) in [6, 6.07) is 3.36. The van der Waals surface area contributed by atoms with Crippen LogP contribution in [0.15, 0.2) is 18.2 Å². The van der Waals surface area contributed by atoms with E-state index < -0.39 is 17.7 Å². The summed E-state index contributed by atoms with van der Waals surface area (Å²) in [7, 11) is 0. The van der Waals surface area contributed by atoms with Gasteiger partial charge in [0.25, 0.3) is 5.91 Å². The van der Waals surface area contributed by atoms with E-state index in [0.29, 0.717) is 0 Å². The van der Waals surface area contributed by atoms with Gasteiger partial charge in [0, 0.05) is 11.8 Å². The molecule has 0 aromatic heterocycles. The first-order valence-corrected chi connectivity index (χ1v) is 6.65. The van der Waals surface area contributed by atoms with E-state index in [0.717, 1.165) is 24.0 Å². The summed E-state index contributed by atoms with van der Waals surface area (Å²) in [6.45, 7) is 0. The molecule has 0 bridgehead atoms. The Morgan fingerprint density at radius 2 is 2.22 bits per heavy atom. The van der Waals surface area contributed by atoms with E-state index >= 15 is 0 Å². The first kappa shape index (κ1) is 12.9. The van der Waals surface area contributed by atoms with Crippen molar-refractivity contribution in [1.29, 1.82) is 0 Å². The van der Waals surface area contributed by atoms with Gasteiger partial charge in [-0.05, 0) is 30.4 Å². The van der Waals surface area contributed by atoms with Gasteiger partial charge in [-0.25, -0.2) is 9.18 Å². The average Bonchev–Trinajstić information content (AvgIpc) is 2.81. The molecular formula is C12H12FNO3S. The SMILES string of the molecule is O=C(O)c1ccc(C(=O)NC2CCSC2)c(F)c1. The van der Waals surface area contributed by atoms with Crippen molar-refractivity contribution in [2.75, 3.05) is 11.5 Å². The number of amides is 1. The molecule has 96 valence electrons. The fourth-order valence-corrected chi connectivity index (χ4v) is 2.90. The number of benzene rings is 1. The van der Waals surface area contributed by atoms with E-state index in [1.54, 1.807) is 11.8 Å². The molecule has 1 aliphatic heterocycles. The molecular weight excluding hydrogens is 257 g/mol. The molecule has 1 saturated heterocycles. The molecule has 0 aliphatic carbocycles. The molecule has 6 heteroatoms. The Kier molecular flexibility index (Phi) is 3.86. The molecule has 1 unspecified atom stereocenters. The maximum absolute atomic E-state index is 13.6. The van der Waals surface area contributed by atoms with Crippen LogP contribution in [-0.4, -0.2) is 34.5 Å². The number of hydrogen-bond acceptors (Lipinski definition) is 3. The highest BCUT2D eigenvalue weighted by atomic mass is 32.2. The lowest BCUT2D eigenvalue weighted by Gasteiger charge is -2.11. The van der Waals surface area contributed by atoms with Crippen LogP contribution < -0.4 is 5.32 Å². The lowest BCUT2D eigenvalue weighted by molar-refractivity contribution is 0.0695. The highest BCUT2D eigenvalue weighted by Gasteiger charge is 2.20. The molecule has 0 spiro atoms. The average molecular weight is 269 g/mol. The summed E-state index contributed by atoms with van der Waals surface area (Å²) >= 11 is 1.74. The molecule has 1 aromatic rings. The molecule has 2 rings (SSSR count). The van der Waals surface area contributed by atoms with Gasteiger partial charge in [0.2, 0.25) is 0 Å². The van der Waals surface area contributed by atoms with Gasteiger partial charge in [-0.15, -0.1) is 0 Å². The minimum atomic E-state index is -1.21. The fourth-order valence-electron chi connectivity index (χ4n) is 1.74. The number of carboxylic acids is 1. The van der Waals surface area contributed by atoms with Crippen LogP contribution in [0.3, 0.4) is 0 Å². The van der Waals surface area contributed by atoms with Crippen molar-refractivity contribution in [3.05, 3.63) is 35.1 Å². The van der Waals surface area contributed by atoms with Crippen LogP contribution in [0.4, 0.5) is 4.39 Å². The molecule has 1 atom stereocenters. The summed E-state index contributed by atoms with van der Waals surface area (Å²) in [6.07, 6.45) is 0.880. The van der Waals surface area contributed by atoms with Gasteiger partial charge in [0.05, 0.1) is 11.1 Å². The maximum atomic E-state index is 13.6. The van der Waals surface area contributed by atoms with Crippen LogP contribution in [-0.2, 0) is 0 Å². The second-order valence-corrected chi connectivity index (χ2v) is 5.18. The third-order valence-corrected chi connectivity index (χ3v) is 3.89. The van der Waals surface area contributed by atoms with Crippen LogP contribution >= 0.6 is 11.8 Å². The molecule has 1 heterocycles.